The van der Waals surface area contributed by atoms with E-state index in [1.165, 1.54) is 37.7 Å². The van der Waals surface area contributed by atoms with Crippen LogP contribution in [0.15, 0.2) is 23.1 Å². The van der Waals surface area contributed by atoms with Crippen LogP contribution in [0.2, 0.25) is 0 Å². The van der Waals surface area contributed by atoms with Gasteiger partial charge in [-0.15, -0.1) is 0 Å². The van der Waals surface area contributed by atoms with Crippen LogP contribution in [0, 0.1) is 5.92 Å². The van der Waals surface area contributed by atoms with Crippen molar-refractivity contribution in [2.75, 3.05) is 27.2 Å². The molecule has 1 aliphatic heterocycles. The standard InChI is InChI=1S/C23H36N4O3S/c1-5-8-18-9-7-15-26(16-14-18)23(28)13-12-22-24-20-17-19(31(29,30)25(3)4)10-11-21(20)27(22)6-2/h10-11,17-18H,5-9,12-16H2,1-4H3. The van der Waals surface area contributed by atoms with Gasteiger partial charge >= 0.3 is 0 Å². The van der Waals surface area contributed by atoms with Crippen LogP contribution >= 0.6 is 0 Å². The number of amides is 1. The molecule has 8 heteroatoms. The van der Waals surface area contributed by atoms with Crippen molar-refractivity contribution in [1.29, 1.82) is 0 Å². The van der Waals surface area contributed by atoms with Gasteiger partial charge in [0, 0.05) is 46.6 Å². The first-order valence-electron chi connectivity index (χ1n) is 11.5. The number of imidazole rings is 1. The third-order valence-corrected chi connectivity index (χ3v) is 8.16. The van der Waals surface area contributed by atoms with Crippen LogP contribution in [0.5, 0.6) is 0 Å². The van der Waals surface area contributed by atoms with Crippen molar-refractivity contribution in [3.05, 3.63) is 24.0 Å². The lowest BCUT2D eigenvalue weighted by atomic mass is 9.96. The molecule has 0 bridgehead atoms. The van der Waals surface area contributed by atoms with Crippen LogP contribution in [0.1, 0.15) is 58.2 Å². The van der Waals surface area contributed by atoms with Gasteiger partial charge in [-0.05, 0) is 50.3 Å². The smallest absolute Gasteiger partial charge is 0.242 e. The Morgan fingerprint density at radius 1 is 1.19 bits per heavy atom. The van der Waals surface area contributed by atoms with Crippen molar-refractivity contribution in [3.63, 3.8) is 0 Å². The topological polar surface area (TPSA) is 75.5 Å². The third kappa shape index (κ3) is 5.29. The van der Waals surface area contributed by atoms with E-state index in [2.05, 4.69) is 11.5 Å². The van der Waals surface area contributed by atoms with E-state index in [1.807, 2.05) is 17.9 Å². The maximum absolute atomic E-state index is 12.9. The molecule has 0 radical (unpaired) electrons. The number of aromatic nitrogens is 2. The quantitative estimate of drug-likeness (QED) is 0.617. The molecule has 172 valence electrons. The summed E-state index contributed by atoms with van der Waals surface area (Å²) in [7, 11) is -0.463. The Morgan fingerprint density at radius 2 is 1.97 bits per heavy atom. The summed E-state index contributed by atoms with van der Waals surface area (Å²) in [6.45, 7) is 6.71. The number of hydrogen-bond acceptors (Lipinski definition) is 4. The molecule has 1 unspecified atom stereocenters. The molecular formula is C23H36N4O3S. The van der Waals surface area contributed by atoms with E-state index in [0.717, 1.165) is 49.7 Å². The number of aryl methyl sites for hydroxylation is 2. The highest BCUT2D eigenvalue weighted by molar-refractivity contribution is 7.89. The fraction of sp³-hybridized carbons (Fsp3) is 0.652. The van der Waals surface area contributed by atoms with Crippen LogP contribution in [-0.4, -0.2) is 60.3 Å². The van der Waals surface area contributed by atoms with Gasteiger partial charge < -0.3 is 9.47 Å². The van der Waals surface area contributed by atoms with Gasteiger partial charge in [0.25, 0.3) is 0 Å². The largest absolute Gasteiger partial charge is 0.343 e. The lowest BCUT2D eigenvalue weighted by Gasteiger charge is -2.20. The molecule has 0 N–H and O–H groups in total. The summed E-state index contributed by atoms with van der Waals surface area (Å²) in [5, 5.41) is 0. The van der Waals surface area contributed by atoms with E-state index in [-0.39, 0.29) is 10.8 Å². The Labute approximate surface area is 186 Å². The second-order valence-corrected chi connectivity index (χ2v) is 10.8. The summed E-state index contributed by atoms with van der Waals surface area (Å²) < 4.78 is 28.2. The predicted octanol–water partition coefficient (Wildman–Crippen LogP) is 3.67. The minimum Gasteiger partial charge on any atom is -0.343 e. The highest BCUT2D eigenvalue weighted by Gasteiger charge is 2.22. The predicted molar refractivity (Wildman–Crippen MR) is 123 cm³/mol. The number of likely N-dealkylation sites (tertiary alicyclic amines) is 1. The molecule has 1 atom stereocenters. The maximum Gasteiger partial charge on any atom is 0.242 e. The van der Waals surface area contributed by atoms with Crippen LogP contribution in [0.4, 0.5) is 0 Å². The molecule has 1 amide bonds. The Morgan fingerprint density at radius 3 is 2.65 bits per heavy atom. The van der Waals surface area contributed by atoms with E-state index in [1.54, 1.807) is 12.1 Å². The number of carbonyl (C=O) groups is 1. The van der Waals surface area contributed by atoms with E-state index >= 15 is 0 Å². The zero-order valence-corrected chi connectivity index (χ0v) is 20.1. The minimum absolute atomic E-state index is 0.197. The first-order chi connectivity index (χ1) is 14.8. The van der Waals surface area contributed by atoms with Crippen molar-refractivity contribution in [1.82, 2.24) is 18.8 Å². The van der Waals surface area contributed by atoms with E-state index < -0.39 is 10.0 Å². The monoisotopic (exact) mass is 448 g/mol. The summed E-state index contributed by atoms with van der Waals surface area (Å²) in [6.07, 6.45) is 6.89. The minimum atomic E-state index is -3.51. The summed E-state index contributed by atoms with van der Waals surface area (Å²) in [5.74, 6) is 1.78. The third-order valence-electron chi connectivity index (χ3n) is 6.35. The fourth-order valence-corrected chi connectivity index (χ4v) is 5.49. The van der Waals surface area contributed by atoms with E-state index in [9.17, 15) is 13.2 Å². The van der Waals surface area contributed by atoms with Gasteiger partial charge in [0.15, 0.2) is 0 Å². The molecule has 31 heavy (non-hydrogen) atoms. The average molecular weight is 449 g/mol. The van der Waals surface area contributed by atoms with Crippen molar-refractivity contribution in [3.8, 4) is 0 Å². The maximum atomic E-state index is 12.9. The molecule has 3 rings (SSSR count). The second kappa shape index (κ2) is 10.1. The number of fused-ring (bicyclic) bond motifs is 1. The molecule has 1 aliphatic rings. The van der Waals surface area contributed by atoms with Crippen molar-refractivity contribution in [2.24, 2.45) is 5.92 Å². The Balaban J connectivity index is 1.73. The number of sulfonamides is 1. The Hall–Kier alpha value is -1.93. The lowest BCUT2D eigenvalue weighted by Crippen LogP contribution is -2.32. The number of carbonyl (C=O) groups excluding carboxylic acids is 1. The SMILES string of the molecule is CCCC1CCCN(C(=O)CCc2nc3cc(S(=O)(=O)N(C)C)ccc3n2CC)CC1. The summed E-state index contributed by atoms with van der Waals surface area (Å²) in [5.41, 5.74) is 1.56. The first kappa shape index (κ1) is 23.7. The van der Waals surface area contributed by atoms with Crippen molar-refractivity contribution in [2.45, 2.75) is 70.2 Å². The van der Waals surface area contributed by atoms with Gasteiger partial charge in [0.2, 0.25) is 15.9 Å². The normalized spacial score (nSPS) is 18.0. The second-order valence-electron chi connectivity index (χ2n) is 8.68. The number of benzene rings is 1. The molecule has 0 spiro atoms. The number of nitrogens with zero attached hydrogens (tertiary/aromatic N) is 4. The highest BCUT2D eigenvalue weighted by Crippen LogP contribution is 2.24. The van der Waals surface area contributed by atoms with Crippen LogP contribution < -0.4 is 0 Å². The highest BCUT2D eigenvalue weighted by atomic mass is 32.2. The number of rotatable bonds is 8. The Kier molecular flexibility index (Phi) is 7.75. The van der Waals surface area contributed by atoms with Gasteiger partial charge in [-0.2, -0.15) is 0 Å². The molecule has 0 aliphatic carbocycles. The zero-order chi connectivity index (χ0) is 22.6. The number of hydrogen-bond donors (Lipinski definition) is 0. The van der Waals surface area contributed by atoms with Crippen molar-refractivity contribution >= 4 is 27.0 Å². The lowest BCUT2D eigenvalue weighted by molar-refractivity contribution is -0.131. The molecule has 1 saturated heterocycles. The van der Waals surface area contributed by atoms with Gasteiger partial charge in [-0.25, -0.2) is 17.7 Å². The molecule has 1 aromatic heterocycles. The van der Waals surface area contributed by atoms with E-state index in [4.69, 9.17) is 4.98 Å². The first-order valence-corrected chi connectivity index (χ1v) is 12.9. The van der Waals surface area contributed by atoms with Crippen LogP contribution in [-0.2, 0) is 27.8 Å². The zero-order valence-electron chi connectivity index (χ0n) is 19.3. The van der Waals surface area contributed by atoms with Gasteiger partial charge in [-0.3, -0.25) is 4.79 Å². The molecule has 1 aromatic carbocycles. The molecule has 7 nitrogen and oxygen atoms in total. The van der Waals surface area contributed by atoms with Crippen LogP contribution in [0.25, 0.3) is 11.0 Å². The molecule has 2 heterocycles. The molecule has 2 aromatic rings. The Bertz CT molecular complexity index is 1010. The van der Waals surface area contributed by atoms with Gasteiger partial charge in [0.1, 0.15) is 5.82 Å². The summed E-state index contributed by atoms with van der Waals surface area (Å²) >= 11 is 0. The summed E-state index contributed by atoms with van der Waals surface area (Å²) in [6, 6.07) is 5.07. The van der Waals surface area contributed by atoms with Gasteiger partial charge in [0.05, 0.1) is 15.9 Å². The van der Waals surface area contributed by atoms with Crippen LogP contribution in [0.3, 0.4) is 0 Å². The molecular weight excluding hydrogens is 412 g/mol. The molecule has 1 fully saturated rings. The van der Waals surface area contributed by atoms with E-state index in [0.29, 0.717) is 18.4 Å². The van der Waals surface area contributed by atoms with Gasteiger partial charge in [-0.1, -0.05) is 19.8 Å². The summed E-state index contributed by atoms with van der Waals surface area (Å²) in [4.78, 5) is 19.8. The average Bonchev–Trinajstić information content (AvgIpc) is 2.92. The molecule has 0 saturated carbocycles. The fourth-order valence-electron chi connectivity index (χ4n) is 4.56. The van der Waals surface area contributed by atoms with Crippen molar-refractivity contribution < 1.29 is 13.2 Å².